The number of hydrogen-bond donors (Lipinski definition) is 2. The van der Waals surface area contributed by atoms with Gasteiger partial charge in [0.15, 0.2) is 5.76 Å². The lowest BCUT2D eigenvalue weighted by atomic mass is 10.1. The third-order valence-corrected chi connectivity index (χ3v) is 3.94. The molecule has 2 amide bonds. The van der Waals surface area contributed by atoms with Crippen LogP contribution in [0.3, 0.4) is 0 Å². The highest BCUT2D eigenvalue weighted by molar-refractivity contribution is 5.95. The molecule has 0 spiro atoms. The summed E-state index contributed by atoms with van der Waals surface area (Å²) in [6, 6.07) is 10.7. The molecule has 2 unspecified atom stereocenters. The van der Waals surface area contributed by atoms with Gasteiger partial charge in [0.2, 0.25) is 5.91 Å². The van der Waals surface area contributed by atoms with E-state index in [4.69, 9.17) is 4.42 Å². The van der Waals surface area contributed by atoms with Crippen molar-refractivity contribution in [2.24, 2.45) is 0 Å². The smallest absolute Gasteiger partial charge is 0.287 e. The number of carbonyl (C=O) groups excluding carboxylic acids is 2. The van der Waals surface area contributed by atoms with Crippen LogP contribution < -0.4 is 10.6 Å². The van der Waals surface area contributed by atoms with E-state index in [9.17, 15) is 9.59 Å². The molecule has 0 saturated heterocycles. The van der Waals surface area contributed by atoms with E-state index in [0.29, 0.717) is 0 Å². The number of aryl methyl sites for hydroxylation is 1. The summed E-state index contributed by atoms with van der Waals surface area (Å²) in [5, 5.41) is 5.64. The number of hydrogen-bond acceptors (Lipinski definition) is 3. The van der Waals surface area contributed by atoms with Crippen LogP contribution in [0.2, 0.25) is 0 Å². The van der Waals surface area contributed by atoms with E-state index < -0.39 is 6.04 Å². The zero-order chi connectivity index (χ0) is 15.5. The first kappa shape index (κ1) is 14.4. The number of rotatable bonds is 4. The Bertz CT molecular complexity index is 679. The van der Waals surface area contributed by atoms with Crippen molar-refractivity contribution in [3.8, 4) is 0 Å². The maximum Gasteiger partial charge on any atom is 0.287 e. The van der Waals surface area contributed by atoms with E-state index in [2.05, 4.69) is 16.7 Å². The molecule has 2 aromatic rings. The molecule has 0 radical (unpaired) electrons. The highest BCUT2D eigenvalue weighted by Gasteiger charge is 2.26. The first-order chi connectivity index (χ1) is 10.6. The van der Waals surface area contributed by atoms with Crippen molar-refractivity contribution < 1.29 is 14.0 Å². The van der Waals surface area contributed by atoms with Crippen LogP contribution >= 0.6 is 0 Å². The van der Waals surface area contributed by atoms with Crippen LogP contribution in [-0.2, 0) is 11.2 Å². The number of amides is 2. The molecule has 2 N–H and O–H groups in total. The molecule has 3 rings (SSSR count). The molecule has 5 nitrogen and oxygen atoms in total. The molecule has 22 heavy (non-hydrogen) atoms. The van der Waals surface area contributed by atoms with E-state index in [-0.39, 0.29) is 23.6 Å². The van der Waals surface area contributed by atoms with Crippen molar-refractivity contribution >= 4 is 11.8 Å². The molecule has 0 aliphatic heterocycles. The summed E-state index contributed by atoms with van der Waals surface area (Å²) in [5.74, 6) is -0.382. The quantitative estimate of drug-likeness (QED) is 0.909. The van der Waals surface area contributed by atoms with Crippen molar-refractivity contribution in [2.75, 3.05) is 0 Å². The van der Waals surface area contributed by atoms with Crippen LogP contribution in [0.25, 0.3) is 0 Å². The summed E-state index contributed by atoms with van der Waals surface area (Å²) in [7, 11) is 0. The van der Waals surface area contributed by atoms with Gasteiger partial charge in [-0.3, -0.25) is 9.59 Å². The summed E-state index contributed by atoms with van der Waals surface area (Å²) >= 11 is 0. The third-order valence-electron chi connectivity index (χ3n) is 3.94. The zero-order valence-electron chi connectivity index (χ0n) is 12.3. The summed E-state index contributed by atoms with van der Waals surface area (Å²) in [6.45, 7) is 1.66. The topological polar surface area (TPSA) is 71.3 Å². The minimum absolute atomic E-state index is 0.0201. The molecule has 0 saturated carbocycles. The minimum atomic E-state index is -0.620. The summed E-state index contributed by atoms with van der Waals surface area (Å²) in [6.07, 6.45) is 3.29. The Morgan fingerprint density at radius 2 is 2.05 bits per heavy atom. The molecular weight excluding hydrogens is 280 g/mol. The van der Waals surface area contributed by atoms with E-state index in [0.717, 1.165) is 12.8 Å². The first-order valence-corrected chi connectivity index (χ1v) is 7.37. The predicted octanol–water partition coefficient (Wildman–Crippen LogP) is 2.20. The molecule has 5 heteroatoms. The van der Waals surface area contributed by atoms with Crippen LogP contribution in [0.5, 0.6) is 0 Å². The van der Waals surface area contributed by atoms with Gasteiger partial charge < -0.3 is 15.1 Å². The number of furan rings is 1. The molecule has 114 valence electrons. The maximum absolute atomic E-state index is 12.3. The number of fused-ring (bicyclic) bond motifs is 1. The second-order valence-corrected chi connectivity index (χ2v) is 5.47. The van der Waals surface area contributed by atoms with Gasteiger partial charge in [0.25, 0.3) is 5.91 Å². The summed E-state index contributed by atoms with van der Waals surface area (Å²) in [5.41, 5.74) is 2.44. The molecule has 0 bridgehead atoms. The lowest BCUT2D eigenvalue weighted by Gasteiger charge is -2.18. The lowest BCUT2D eigenvalue weighted by Crippen LogP contribution is -2.45. The van der Waals surface area contributed by atoms with Gasteiger partial charge >= 0.3 is 0 Å². The fourth-order valence-electron chi connectivity index (χ4n) is 2.74. The highest BCUT2D eigenvalue weighted by Crippen LogP contribution is 2.30. The largest absolute Gasteiger partial charge is 0.459 e. The van der Waals surface area contributed by atoms with Crippen LogP contribution in [0.1, 0.15) is 41.1 Å². The number of benzene rings is 1. The Balaban J connectivity index is 1.59. The van der Waals surface area contributed by atoms with Gasteiger partial charge in [-0.25, -0.2) is 0 Å². The van der Waals surface area contributed by atoms with Crippen LogP contribution in [0.15, 0.2) is 47.1 Å². The Labute approximate surface area is 128 Å². The van der Waals surface area contributed by atoms with Crippen LogP contribution in [0, 0.1) is 0 Å². The second kappa shape index (κ2) is 6.05. The van der Waals surface area contributed by atoms with Gasteiger partial charge in [0, 0.05) is 0 Å². The lowest BCUT2D eigenvalue weighted by molar-refractivity contribution is -0.123. The van der Waals surface area contributed by atoms with Crippen molar-refractivity contribution in [2.45, 2.75) is 31.8 Å². The minimum Gasteiger partial charge on any atom is -0.459 e. The highest BCUT2D eigenvalue weighted by atomic mass is 16.3. The SMILES string of the molecule is CC(NC(=O)c1ccco1)C(=O)NC1CCc2ccccc21. The Morgan fingerprint density at radius 1 is 1.23 bits per heavy atom. The summed E-state index contributed by atoms with van der Waals surface area (Å²) in [4.78, 5) is 24.1. The average Bonchev–Trinajstić information content (AvgIpc) is 3.17. The van der Waals surface area contributed by atoms with Crippen LogP contribution in [0.4, 0.5) is 0 Å². The van der Waals surface area contributed by atoms with Crippen molar-refractivity contribution in [3.63, 3.8) is 0 Å². The molecule has 2 atom stereocenters. The van der Waals surface area contributed by atoms with E-state index in [1.807, 2.05) is 18.2 Å². The number of nitrogens with one attached hydrogen (secondary N) is 2. The van der Waals surface area contributed by atoms with Crippen molar-refractivity contribution in [1.82, 2.24) is 10.6 Å². The maximum atomic E-state index is 12.3. The van der Waals surface area contributed by atoms with Gasteiger partial charge in [0.1, 0.15) is 6.04 Å². The van der Waals surface area contributed by atoms with Gasteiger partial charge in [0.05, 0.1) is 12.3 Å². The standard InChI is InChI=1S/C17H18N2O3/c1-11(18-17(21)15-7-4-10-22-15)16(20)19-14-9-8-12-5-2-3-6-13(12)14/h2-7,10-11,14H,8-9H2,1H3,(H,18,21)(H,19,20). The fraction of sp³-hybridized carbons (Fsp3) is 0.294. The molecule has 1 aliphatic carbocycles. The molecular formula is C17H18N2O3. The monoisotopic (exact) mass is 298 g/mol. The van der Waals surface area contributed by atoms with Gasteiger partial charge in [-0.15, -0.1) is 0 Å². The fourth-order valence-corrected chi connectivity index (χ4v) is 2.74. The first-order valence-electron chi connectivity index (χ1n) is 7.37. The van der Waals surface area contributed by atoms with E-state index in [1.165, 1.54) is 17.4 Å². The van der Waals surface area contributed by atoms with Gasteiger partial charge in [-0.2, -0.15) is 0 Å². The normalized spacial score (nSPS) is 17.6. The van der Waals surface area contributed by atoms with Gasteiger partial charge in [-0.1, -0.05) is 24.3 Å². The Hall–Kier alpha value is -2.56. The van der Waals surface area contributed by atoms with Crippen LogP contribution in [-0.4, -0.2) is 17.9 Å². The molecule has 1 aliphatic rings. The predicted molar refractivity (Wildman–Crippen MR) is 81.3 cm³/mol. The van der Waals surface area contributed by atoms with E-state index in [1.54, 1.807) is 19.1 Å². The summed E-state index contributed by atoms with van der Waals surface area (Å²) < 4.78 is 5.01. The Morgan fingerprint density at radius 3 is 2.82 bits per heavy atom. The second-order valence-electron chi connectivity index (χ2n) is 5.47. The molecule has 1 aromatic heterocycles. The zero-order valence-corrected chi connectivity index (χ0v) is 12.3. The van der Waals surface area contributed by atoms with Crippen molar-refractivity contribution in [3.05, 3.63) is 59.5 Å². The third kappa shape index (κ3) is 2.88. The molecule has 1 aromatic carbocycles. The number of carbonyl (C=O) groups is 2. The van der Waals surface area contributed by atoms with Gasteiger partial charge in [-0.05, 0) is 43.0 Å². The van der Waals surface area contributed by atoms with Crippen molar-refractivity contribution in [1.29, 1.82) is 0 Å². The average molecular weight is 298 g/mol. The molecule has 1 heterocycles. The van der Waals surface area contributed by atoms with E-state index >= 15 is 0 Å². The Kier molecular flexibility index (Phi) is 3.96. The molecule has 0 fully saturated rings.